The van der Waals surface area contributed by atoms with E-state index < -0.39 is 0 Å². The third kappa shape index (κ3) is 11.8. The van der Waals surface area contributed by atoms with Gasteiger partial charge in [0.05, 0.1) is 12.2 Å². The van der Waals surface area contributed by atoms with E-state index in [1.165, 1.54) is 32.1 Å². The van der Waals surface area contributed by atoms with Crippen molar-refractivity contribution in [3.8, 4) is 0 Å². The average Bonchev–Trinajstić information content (AvgIpc) is 2.13. The van der Waals surface area contributed by atoms with Crippen molar-refractivity contribution >= 4 is 0 Å². The lowest BCUT2D eigenvalue weighted by Gasteiger charge is -2.22. The Labute approximate surface area is 95.6 Å². The van der Waals surface area contributed by atoms with Gasteiger partial charge in [-0.1, -0.05) is 39.0 Å². The molecule has 0 aromatic rings. The molecule has 0 aliphatic heterocycles. The van der Waals surface area contributed by atoms with Crippen LogP contribution in [0, 0.1) is 0 Å². The quantitative estimate of drug-likeness (QED) is 0.629. The highest BCUT2D eigenvalue weighted by Gasteiger charge is 2.12. The van der Waals surface area contributed by atoms with Gasteiger partial charge >= 0.3 is 0 Å². The van der Waals surface area contributed by atoms with Crippen LogP contribution in [0.5, 0.6) is 0 Å². The van der Waals surface area contributed by atoms with Gasteiger partial charge in [-0.25, -0.2) is 0 Å². The smallest absolute Gasteiger partial charge is 0.0624 e. The fourth-order valence-corrected chi connectivity index (χ4v) is 1.45. The van der Waals surface area contributed by atoms with Crippen LogP contribution in [0.15, 0.2) is 0 Å². The molecule has 0 saturated heterocycles. The normalized spacial score (nSPS) is 14.2. The summed E-state index contributed by atoms with van der Waals surface area (Å²) >= 11 is 0. The van der Waals surface area contributed by atoms with Gasteiger partial charge in [0.25, 0.3) is 0 Å². The topological polar surface area (TPSA) is 35.2 Å². The van der Waals surface area contributed by atoms with Crippen LogP contribution in [0.3, 0.4) is 0 Å². The van der Waals surface area contributed by atoms with Crippen LogP contribution < -0.4 is 5.73 Å². The summed E-state index contributed by atoms with van der Waals surface area (Å²) in [5.74, 6) is 0. The second-order valence-electron chi connectivity index (χ2n) is 5.39. The molecule has 1 atom stereocenters. The van der Waals surface area contributed by atoms with Crippen molar-refractivity contribution in [3.05, 3.63) is 0 Å². The highest BCUT2D eigenvalue weighted by Crippen LogP contribution is 2.10. The van der Waals surface area contributed by atoms with E-state index >= 15 is 0 Å². The molecular formula is C13H29NO. The molecule has 15 heavy (non-hydrogen) atoms. The number of nitrogens with two attached hydrogens (primary N) is 1. The molecule has 0 radical (unpaired) electrons. The predicted molar refractivity (Wildman–Crippen MR) is 67.1 cm³/mol. The second-order valence-corrected chi connectivity index (χ2v) is 5.39. The molecule has 0 aliphatic rings. The lowest BCUT2D eigenvalue weighted by Crippen LogP contribution is -2.31. The van der Waals surface area contributed by atoms with Crippen molar-refractivity contribution in [3.63, 3.8) is 0 Å². The molecule has 0 aromatic heterocycles. The largest absolute Gasteiger partial charge is 0.374 e. The van der Waals surface area contributed by atoms with Crippen LogP contribution in [0.2, 0.25) is 0 Å². The van der Waals surface area contributed by atoms with Gasteiger partial charge in [-0.2, -0.15) is 0 Å². The van der Waals surface area contributed by atoms with E-state index in [-0.39, 0.29) is 11.6 Å². The number of hydrogen-bond donors (Lipinski definition) is 1. The van der Waals surface area contributed by atoms with Gasteiger partial charge in [-0.05, 0) is 27.2 Å². The molecule has 0 saturated carbocycles. The molecule has 0 rings (SSSR count). The zero-order valence-electron chi connectivity index (χ0n) is 11.0. The van der Waals surface area contributed by atoms with Crippen LogP contribution in [0.1, 0.15) is 66.2 Å². The fourth-order valence-electron chi connectivity index (χ4n) is 1.45. The Kier molecular flexibility index (Phi) is 8.07. The standard InChI is InChI=1S/C13H29NO/c1-5-6-7-8-9-10-12(14)11-15-13(2,3)4/h12H,5-11,14H2,1-4H3. The van der Waals surface area contributed by atoms with Gasteiger partial charge in [0.1, 0.15) is 0 Å². The van der Waals surface area contributed by atoms with Crippen molar-refractivity contribution in [1.82, 2.24) is 0 Å². The Morgan fingerprint density at radius 2 is 1.67 bits per heavy atom. The Hall–Kier alpha value is -0.0800. The number of hydrogen-bond acceptors (Lipinski definition) is 2. The second kappa shape index (κ2) is 8.12. The van der Waals surface area contributed by atoms with Crippen molar-refractivity contribution in [2.45, 2.75) is 77.9 Å². The Balaban J connectivity index is 3.30. The predicted octanol–water partition coefficient (Wildman–Crippen LogP) is 3.49. The van der Waals surface area contributed by atoms with Crippen LogP contribution >= 0.6 is 0 Å². The Bertz CT molecular complexity index is 140. The molecule has 0 spiro atoms. The van der Waals surface area contributed by atoms with Crippen LogP contribution in [0.25, 0.3) is 0 Å². The first-order valence-electron chi connectivity index (χ1n) is 6.35. The Morgan fingerprint density at radius 1 is 1.07 bits per heavy atom. The first-order valence-corrected chi connectivity index (χ1v) is 6.35. The molecule has 0 heterocycles. The van der Waals surface area contributed by atoms with Crippen molar-refractivity contribution in [2.75, 3.05) is 6.61 Å². The van der Waals surface area contributed by atoms with Crippen LogP contribution in [-0.4, -0.2) is 18.2 Å². The monoisotopic (exact) mass is 215 g/mol. The zero-order valence-corrected chi connectivity index (χ0v) is 11.0. The van der Waals surface area contributed by atoms with E-state index in [0.29, 0.717) is 6.61 Å². The average molecular weight is 215 g/mol. The maximum atomic E-state index is 5.97. The minimum absolute atomic E-state index is 0.0557. The molecule has 0 fully saturated rings. The summed E-state index contributed by atoms with van der Waals surface area (Å²) in [6, 6.07) is 0.214. The first-order chi connectivity index (χ1) is 6.95. The third-order valence-electron chi connectivity index (χ3n) is 2.41. The lowest BCUT2D eigenvalue weighted by molar-refractivity contribution is -0.0110. The van der Waals surface area contributed by atoms with E-state index in [0.717, 1.165) is 6.42 Å². The molecule has 0 amide bonds. The number of unbranched alkanes of at least 4 members (excludes halogenated alkanes) is 4. The maximum absolute atomic E-state index is 5.97. The van der Waals surface area contributed by atoms with Gasteiger partial charge in [0.15, 0.2) is 0 Å². The summed E-state index contributed by atoms with van der Waals surface area (Å²) < 4.78 is 5.64. The summed E-state index contributed by atoms with van der Waals surface area (Å²) in [6.07, 6.45) is 7.67. The molecule has 0 aliphatic carbocycles. The minimum Gasteiger partial charge on any atom is -0.374 e. The molecule has 2 heteroatoms. The maximum Gasteiger partial charge on any atom is 0.0624 e. The first kappa shape index (κ1) is 14.9. The van der Waals surface area contributed by atoms with Gasteiger partial charge in [0.2, 0.25) is 0 Å². The molecule has 0 bridgehead atoms. The van der Waals surface area contributed by atoms with E-state index in [1.807, 2.05) is 0 Å². The molecule has 1 unspecified atom stereocenters. The van der Waals surface area contributed by atoms with E-state index in [9.17, 15) is 0 Å². The number of ether oxygens (including phenoxy) is 1. The van der Waals surface area contributed by atoms with Crippen LogP contribution in [0.4, 0.5) is 0 Å². The molecule has 2 N–H and O–H groups in total. The van der Waals surface area contributed by atoms with Crippen LogP contribution in [-0.2, 0) is 4.74 Å². The molecular weight excluding hydrogens is 186 g/mol. The highest BCUT2D eigenvalue weighted by molar-refractivity contribution is 4.65. The lowest BCUT2D eigenvalue weighted by atomic mass is 10.1. The fraction of sp³-hybridized carbons (Fsp3) is 1.00. The van der Waals surface area contributed by atoms with E-state index in [1.54, 1.807) is 0 Å². The summed E-state index contributed by atoms with van der Waals surface area (Å²) in [7, 11) is 0. The molecule has 92 valence electrons. The molecule has 0 aromatic carbocycles. The van der Waals surface area contributed by atoms with Crippen molar-refractivity contribution in [2.24, 2.45) is 5.73 Å². The van der Waals surface area contributed by atoms with Crippen molar-refractivity contribution < 1.29 is 4.74 Å². The van der Waals surface area contributed by atoms with Crippen molar-refractivity contribution in [1.29, 1.82) is 0 Å². The zero-order chi connectivity index (χ0) is 11.7. The summed E-state index contributed by atoms with van der Waals surface area (Å²) in [6.45, 7) is 9.14. The summed E-state index contributed by atoms with van der Waals surface area (Å²) in [4.78, 5) is 0. The minimum atomic E-state index is -0.0557. The molecule has 2 nitrogen and oxygen atoms in total. The van der Waals surface area contributed by atoms with Gasteiger partial charge < -0.3 is 10.5 Å². The third-order valence-corrected chi connectivity index (χ3v) is 2.41. The summed E-state index contributed by atoms with van der Waals surface area (Å²) in [5.41, 5.74) is 5.91. The summed E-state index contributed by atoms with van der Waals surface area (Å²) in [5, 5.41) is 0. The van der Waals surface area contributed by atoms with E-state index in [4.69, 9.17) is 10.5 Å². The Morgan fingerprint density at radius 3 is 2.20 bits per heavy atom. The van der Waals surface area contributed by atoms with Gasteiger partial charge in [-0.15, -0.1) is 0 Å². The van der Waals surface area contributed by atoms with Gasteiger partial charge in [-0.3, -0.25) is 0 Å². The van der Waals surface area contributed by atoms with Gasteiger partial charge in [0, 0.05) is 6.04 Å². The highest BCUT2D eigenvalue weighted by atomic mass is 16.5. The van der Waals surface area contributed by atoms with E-state index in [2.05, 4.69) is 27.7 Å². The SMILES string of the molecule is CCCCCCCC(N)COC(C)(C)C. The number of rotatable bonds is 8.